The smallest absolute Gasteiger partial charge is 0.145 e. The van der Waals surface area contributed by atoms with Crippen molar-refractivity contribution >= 4 is 27.4 Å². The van der Waals surface area contributed by atoms with E-state index >= 15 is 0 Å². The van der Waals surface area contributed by atoms with E-state index in [1.165, 1.54) is 23.5 Å². The molecule has 0 fully saturated rings. The molecule has 80 valence electrons. The molecule has 1 aromatic carbocycles. The number of aromatic nitrogens is 3. The van der Waals surface area contributed by atoms with Crippen LogP contribution in [-0.2, 0) is 0 Å². The summed E-state index contributed by atoms with van der Waals surface area (Å²) in [4.78, 5) is 4.31. The lowest BCUT2D eigenvalue weighted by atomic mass is 10.3. The summed E-state index contributed by atoms with van der Waals surface area (Å²) in [6.07, 6.45) is 0. The molecule has 4 nitrogen and oxygen atoms in total. The Morgan fingerprint density at radius 1 is 1.31 bits per heavy atom. The first-order chi connectivity index (χ1) is 7.72. The van der Waals surface area contributed by atoms with E-state index in [-0.39, 0.29) is 5.82 Å². The van der Waals surface area contributed by atoms with Gasteiger partial charge >= 0.3 is 0 Å². The topological polar surface area (TPSA) is 67.6 Å². The number of halogens is 1. The van der Waals surface area contributed by atoms with Crippen LogP contribution < -0.4 is 5.73 Å². The van der Waals surface area contributed by atoms with Gasteiger partial charge in [-0.15, -0.1) is 11.3 Å². The first kappa shape index (κ1) is 9.29. The zero-order chi connectivity index (χ0) is 11.1. The van der Waals surface area contributed by atoms with Crippen LogP contribution in [0.4, 0.5) is 10.2 Å². The second kappa shape index (κ2) is 3.28. The van der Waals surface area contributed by atoms with Gasteiger partial charge in [0.25, 0.3) is 0 Å². The van der Waals surface area contributed by atoms with Gasteiger partial charge in [-0.3, -0.25) is 5.10 Å². The van der Waals surface area contributed by atoms with Crippen LogP contribution in [0.15, 0.2) is 24.3 Å². The minimum atomic E-state index is -0.284. The maximum Gasteiger partial charge on any atom is 0.145 e. The maximum absolute atomic E-state index is 13.0. The molecule has 0 aliphatic rings. The van der Waals surface area contributed by atoms with E-state index in [0.29, 0.717) is 11.3 Å². The van der Waals surface area contributed by atoms with Gasteiger partial charge < -0.3 is 5.73 Å². The van der Waals surface area contributed by atoms with E-state index in [4.69, 9.17) is 5.73 Å². The van der Waals surface area contributed by atoms with Crippen molar-refractivity contribution in [2.75, 3.05) is 5.73 Å². The first-order valence-electron chi connectivity index (χ1n) is 4.60. The van der Waals surface area contributed by atoms with Crippen LogP contribution in [0.3, 0.4) is 0 Å². The van der Waals surface area contributed by atoms with E-state index in [0.717, 1.165) is 15.4 Å². The molecule has 0 saturated heterocycles. The van der Waals surface area contributed by atoms with Crippen molar-refractivity contribution in [3.63, 3.8) is 0 Å². The lowest BCUT2D eigenvalue weighted by Gasteiger charge is -1.85. The third kappa shape index (κ3) is 1.43. The van der Waals surface area contributed by atoms with Crippen molar-refractivity contribution in [2.45, 2.75) is 0 Å². The van der Waals surface area contributed by atoms with E-state index in [1.54, 1.807) is 12.1 Å². The molecule has 3 rings (SSSR count). The van der Waals surface area contributed by atoms with Crippen molar-refractivity contribution in [3.8, 4) is 10.7 Å². The number of nitrogens with zero attached hydrogens (tertiary/aromatic N) is 2. The second-order valence-corrected chi connectivity index (χ2v) is 4.37. The molecule has 16 heavy (non-hydrogen) atoms. The van der Waals surface area contributed by atoms with Crippen molar-refractivity contribution in [3.05, 3.63) is 30.1 Å². The standard InChI is InChI=1S/C10H7FN4S/c11-5-1-2-8-6(3-5)13-10(16-8)7-4-9(12)15-14-7/h1-4H,(H3,12,14,15). The maximum atomic E-state index is 13.0. The highest BCUT2D eigenvalue weighted by atomic mass is 32.1. The SMILES string of the molecule is Nc1cc(-c2nc3cc(F)ccc3s2)[nH]n1. The lowest BCUT2D eigenvalue weighted by molar-refractivity contribution is 0.629. The van der Waals surface area contributed by atoms with E-state index in [9.17, 15) is 4.39 Å². The average molecular weight is 234 g/mol. The van der Waals surface area contributed by atoms with Gasteiger partial charge in [0.1, 0.15) is 16.6 Å². The molecule has 0 amide bonds. The third-order valence-corrected chi connectivity index (χ3v) is 3.25. The Hall–Kier alpha value is -1.95. The summed E-state index contributed by atoms with van der Waals surface area (Å²) >= 11 is 1.47. The van der Waals surface area contributed by atoms with Crippen molar-refractivity contribution in [2.24, 2.45) is 0 Å². The Morgan fingerprint density at radius 3 is 2.94 bits per heavy atom. The summed E-state index contributed by atoms with van der Waals surface area (Å²) in [7, 11) is 0. The van der Waals surface area contributed by atoms with Crippen LogP contribution in [0.1, 0.15) is 0 Å². The molecule has 0 aliphatic heterocycles. The number of anilines is 1. The summed E-state index contributed by atoms with van der Waals surface area (Å²) in [5.74, 6) is 0.133. The molecule has 3 aromatic rings. The Labute approximate surface area is 93.9 Å². The van der Waals surface area contributed by atoms with Gasteiger partial charge in [-0.05, 0) is 12.1 Å². The molecular weight excluding hydrogens is 227 g/mol. The molecule has 0 radical (unpaired) electrons. The minimum absolute atomic E-state index is 0.284. The summed E-state index contributed by atoms with van der Waals surface area (Å²) < 4.78 is 13.9. The monoisotopic (exact) mass is 234 g/mol. The number of fused-ring (bicyclic) bond motifs is 1. The molecule has 2 heterocycles. The molecule has 6 heteroatoms. The number of aromatic amines is 1. The van der Waals surface area contributed by atoms with Crippen molar-refractivity contribution in [1.82, 2.24) is 15.2 Å². The van der Waals surface area contributed by atoms with E-state index < -0.39 is 0 Å². The molecule has 0 unspecified atom stereocenters. The Morgan fingerprint density at radius 2 is 2.19 bits per heavy atom. The number of hydrogen-bond donors (Lipinski definition) is 2. The van der Waals surface area contributed by atoms with Crippen LogP contribution in [-0.4, -0.2) is 15.2 Å². The third-order valence-electron chi connectivity index (χ3n) is 2.18. The molecule has 0 bridgehead atoms. The van der Waals surface area contributed by atoms with Gasteiger partial charge in [0, 0.05) is 12.1 Å². The summed E-state index contributed by atoms with van der Waals surface area (Å²) in [5.41, 5.74) is 6.90. The lowest BCUT2D eigenvalue weighted by Crippen LogP contribution is -1.81. The highest BCUT2D eigenvalue weighted by Crippen LogP contribution is 2.29. The fourth-order valence-electron chi connectivity index (χ4n) is 1.46. The van der Waals surface area contributed by atoms with Crippen molar-refractivity contribution in [1.29, 1.82) is 0 Å². The Kier molecular flexibility index (Phi) is 1.90. The highest BCUT2D eigenvalue weighted by Gasteiger charge is 2.08. The summed E-state index contributed by atoms with van der Waals surface area (Å²) in [5, 5.41) is 7.36. The number of nitrogens with two attached hydrogens (primary N) is 1. The largest absolute Gasteiger partial charge is 0.382 e. The van der Waals surface area contributed by atoms with Crippen LogP contribution in [0.2, 0.25) is 0 Å². The van der Waals surface area contributed by atoms with Gasteiger partial charge in [0.05, 0.1) is 15.9 Å². The predicted octanol–water partition coefficient (Wildman–Crippen LogP) is 2.41. The van der Waals surface area contributed by atoms with Crippen LogP contribution >= 0.6 is 11.3 Å². The number of thiazole rings is 1. The van der Waals surface area contributed by atoms with Gasteiger partial charge in [-0.1, -0.05) is 0 Å². The van der Waals surface area contributed by atoms with Crippen LogP contribution in [0, 0.1) is 5.82 Å². The van der Waals surface area contributed by atoms with E-state index in [1.807, 2.05) is 0 Å². The van der Waals surface area contributed by atoms with Gasteiger partial charge in [0.15, 0.2) is 0 Å². The van der Waals surface area contributed by atoms with Crippen LogP contribution in [0.5, 0.6) is 0 Å². The summed E-state index contributed by atoms with van der Waals surface area (Å²) in [6.45, 7) is 0. The average Bonchev–Trinajstić information content (AvgIpc) is 2.83. The molecule has 0 atom stereocenters. The number of rotatable bonds is 1. The quantitative estimate of drug-likeness (QED) is 0.679. The highest BCUT2D eigenvalue weighted by molar-refractivity contribution is 7.21. The van der Waals surface area contributed by atoms with Crippen LogP contribution in [0.25, 0.3) is 20.9 Å². The molecule has 2 aromatic heterocycles. The fourth-order valence-corrected chi connectivity index (χ4v) is 2.37. The van der Waals surface area contributed by atoms with Gasteiger partial charge in [0.2, 0.25) is 0 Å². The first-order valence-corrected chi connectivity index (χ1v) is 5.41. The fraction of sp³-hybridized carbons (Fsp3) is 0. The van der Waals surface area contributed by atoms with Gasteiger partial charge in [-0.2, -0.15) is 5.10 Å². The predicted molar refractivity (Wildman–Crippen MR) is 61.6 cm³/mol. The minimum Gasteiger partial charge on any atom is -0.382 e. The number of nitrogens with one attached hydrogen (secondary N) is 1. The number of hydrogen-bond acceptors (Lipinski definition) is 4. The zero-order valence-corrected chi connectivity index (χ0v) is 8.88. The molecule has 0 aliphatic carbocycles. The Bertz CT molecular complexity index is 658. The molecule has 0 saturated carbocycles. The Balaban J connectivity index is 2.18. The van der Waals surface area contributed by atoms with Crippen molar-refractivity contribution < 1.29 is 4.39 Å². The van der Waals surface area contributed by atoms with Gasteiger partial charge in [-0.25, -0.2) is 9.37 Å². The number of nitrogen functional groups attached to an aromatic ring is 1. The summed E-state index contributed by atoms with van der Waals surface area (Å²) in [6, 6.07) is 6.25. The second-order valence-electron chi connectivity index (χ2n) is 3.34. The molecular formula is C10H7FN4S. The zero-order valence-electron chi connectivity index (χ0n) is 8.07. The number of benzene rings is 1. The van der Waals surface area contributed by atoms with E-state index in [2.05, 4.69) is 15.2 Å². The molecule has 3 N–H and O–H groups in total. The normalized spacial score (nSPS) is 11.1. The number of H-pyrrole nitrogens is 1. The molecule has 0 spiro atoms.